The molecular weight excluding hydrogens is 528 g/mol. The van der Waals surface area contributed by atoms with Gasteiger partial charge in [-0.1, -0.05) is 78.9 Å². The Morgan fingerprint density at radius 1 is 0.975 bits per heavy atom. The lowest BCUT2D eigenvalue weighted by atomic mass is 9.98. The van der Waals surface area contributed by atoms with E-state index in [0.717, 1.165) is 27.8 Å². The summed E-state index contributed by atoms with van der Waals surface area (Å²) in [6.45, 7) is 3.79. The molecule has 208 valence electrons. The molecule has 0 saturated carbocycles. The molecule has 2 unspecified atom stereocenters. The molecule has 2 amide bonds. The van der Waals surface area contributed by atoms with Crippen molar-refractivity contribution in [2.24, 2.45) is 0 Å². The summed E-state index contributed by atoms with van der Waals surface area (Å²) >= 11 is 1.38. The fourth-order valence-corrected chi connectivity index (χ4v) is 6.55. The normalized spacial score (nSPS) is 19.4. The van der Waals surface area contributed by atoms with Gasteiger partial charge < -0.3 is 24.8 Å². The van der Waals surface area contributed by atoms with Crippen molar-refractivity contribution in [1.82, 2.24) is 10.2 Å². The number of ether oxygens (including phenoxy) is 2. The molecule has 1 aliphatic heterocycles. The Kier molecular flexibility index (Phi) is 8.42. The average molecular weight is 561 g/mol. The number of nitrogens with one attached hydrogen (secondary N) is 1. The third-order valence-corrected chi connectivity index (χ3v) is 8.69. The number of thioether (sulfide) groups is 1. The molecule has 3 aromatic rings. The molecule has 40 heavy (non-hydrogen) atoms. The molecule has 3 aromatic carbocycles. The maximum Gasteiger partial charge on any atom is 0.407 e. The second-order valence-electron chi connectivity index (χ2n) is 9.98. The van der Waals surface area contributed by atoms with E-state index >= 15 is 0 Å². The van der Waals surface area contributed by atoms with Crippen LogP contribution in [0, 0.1) is 0 Å². The summed E-state index contributed by atoms with van der Waals surface area (Å²) in [5, 5.41) is 12.1. The maximum absolute atomic E-state index is 13.7. The fourth-order valence-electron chi connectivity index (χ4n) is 5.37. The summed E-state index contributed by atoms with van der Waals surface area (Å²) in [5.74, 6) is -1.45. The number of rotatable bonds is 9. The lowest BCUT2D eigenvalue weighted by molar-refractivity contribution is -0.151. The quantitative estimate of drug-likeness (QED) is 0.385. The minimum Gasteiger partial charge on any atom is -0.480 e. The van der Waals surface area contributed by atoms with Gasteiger partial charge in [0.2, 0.25) is 5.91 Å². The number of fused-ring (bicyclic) bond motifs is 3. The van der Waals surface area contributed by atoms with Gasteiger partial charge in [0.15, 0.2) is 0 Å². The first kappa shape index (κ1) is 27.7. The van der Waals surface area contributed by atoms with Crippen molar-refractivity contribution in [3.05, 3.63) is 95.6 Å². The van der Waals surface area contributed by atoms with E-state index in [0.29, 0.717) is 0 Å². The molecule has 1 fully saturated rings. The summed E-state index contributed by atoms with van der Waals surface area (Å²) in [5.41, 5.74) is 5.30. The minimum absolute atomic E-state index is 0.0910. The molecule has 4 atom stereocenters. The molecule has 0 spiro atoms. The highest BCUT2D eigenvalue weighted by Crippen LogP contribution is 2.44. The smallest absolute Gasteiger partial charge is 0.407 e. The zero-order chi connectivity index (χ0) is 28.2. The molecule has 8 nitrogen and oxygen atoms in total. The van der Waals surface area contributed by atoms with Crippen LogP contribution in [0.5, 0.6) is 0 Å². The van der Waals surface area contributed by atoms with Gasteiger partial charge in [0.05, 0.1) is 18.1 Å². The van der Waals surface area contributed by atoms with Crippen LogP contribution in [0.2, 0.25) is 0 Å². The van der Waals surface area contributed by atoms with Crippen molar-refractivity contribution in [3.63, 3.8) is 0 Å². The van der Waals surface area contributed by atoms with Gasteiger partial charge in [0.25, 0.3) is 0 Å². The van der Waals surface area contributed by atoms with E-state index in [4.69, 9.17) is 9.47 Å². The zero-order valence-corrected chi connectivity index (χ0v) is 23.2. The van der Waals surface area contributed by atoms with Crippen LogP contribution >= 0.6 is 11.8 Å². The lowest BCUT2D eigenvalue weighted by Gasteiger charge is -2.32. The van der Waals surface area contributed by atoms with E-state index in [-0.39, 0.29) is 30.3 Å². The van der Waals surface area contributed by atoms with Crippen LogP contribution in [0.4, 0.5) is 4.79 Å². The molecular formula is C31H32N2O6S. The van der Waals surface area contributed by atoms with Crippen molar-refractivity contribution in [2.45, 2.75) is 49.9 Å². The van der Waals surface area contributed by atoms with Crippen LogP contribution in [-0.4, -0.2) is 63.9 Å². The Bertz CT molecular complexity index is 1340. The first-order valence-electron chi connectivity index (χ1n) is 13.3. The van der Waals surface area contributed by atoms with Crippen LogP contribution in [0.3, 0.4) is 0 Å². The van der Waals surface area contributed by atoms with E-state index in [1.165, 1.54) is 16.7 Å². The number of hydrogen-bond acceptors (Lipinski definition) is 6. The molecule has 0 aromatic heterocycles. The molecule has 5 rings (SSSR count). The Morgan fingerprint density at radius 3 is 2.20 bits per heavy atom. The third-order valence-electron chi connectivity index (χ3n) is 7.47. The maximum atomic E-state index is 13.7. The topological polar surface area (TPSA) is 105 Å². The Balaban J connectivity index is 1.31. The average Bonchev–Trinajstić information content (AvgIpc) is 3.51. The number of benzene rings is 3. The van der Waals surface area contributed by atoms with Crippen LogP contribution in [0.1, 0.15) is 36.5 Å². The Hall–Kier alpha value is -3.82. The van der Waals surface area contributed by atoms with Crippen LogP contribution in [0.15, 0.2) is 78.9 Å². The van der Waals surface area contributed by atoms with Gasteiger partial charge >= 0.3 is 12.1 Å². The number of hydrogen-bond donors (Lipinski definition) is 2. The third kappa shape index (κ3) is 5.71. The van der Waals surface area contributed by atoms with Crippen LogP contribution < -0.4 is 5.32 Å². The van der Waals surface area contributed by atoms with Crippen molar-refractivity contribution in [2.75, 3.05) is 12.4 Å². The number of alkyl carbamates (subject to hydrolysis) is 1. The SMILES string of the molecule is CC1SCC(C(=O)O)N1C(=O)[C@H](NC(=O)OCC1c2ccccc2-c2ccccc21)[C@H](C)OCc1ccccc1. The van der Waals surface area contributed by atoms with Gasteiger partial charge in [0.1, 0.15) is 18.7 Å². The summed E-state index contributed by atoms with van der Waals surface area (Å²) < 4.78 is 11.7. The van der Waals surface area contributed by atoms with Crippen molar-refractivity contribution in [1.29, 1.82) is 0 Å². The number of amides is 2. The number of aliphatic carboxylic acids is 1. The monoisotopic (exact) mass is 560 g/mol. The van der Waals surface area contributed by atoms with Crippen LogP contribution in [-0.2, 0) is 25.7 Å². The zero-order valence-electron chi connectivity index (χ0n) is 22.4. The summed E-state index contributed by atoms with van der Waals surface area (Å²) in [7, 11) is 0. The number of nitrogens with zero attached hydrogens (tertiary/aromatic N) is 1. The van der Waals surface area contributed by atoms with Gasteiger partial charge in [-0.3, -0.25) is 4.79 Å². The highest BCUT2D eigenvalue weighted by atomic mass is 32.2. The van der Waals surface area contributed by atoms with Gasteiger partial charge in [-0.05, 0) is 41.7 Å². The lowest BCUT2D eigenvalue weighted by Crippen LogP contribution is -2.58. The summed E-state index contributed by atoms with van der Waals surface area (Å²) in [6.07, 6.45) is -1.51. The summed E-state index contributed by atoms with van der Waals surface area (Å²) in [6, 6.07) is 23.5. The Labute approximate surface area is 237 Å². The van der Waals surface area contributed by atoms with Crippen LogP contribution in [0.25, 0.3) is 11.1 Å². The first-order chi connectivity index (χ1) is 19.3. The highest BCUT2D eigenvalue weighted by Gasteiger charge is 2.44. The molecule has 0 bridgehead atoms. The standard InChI is InChI=1S/C31H32N2O6S/c1-19(38-16-21-10-4-3-5-11-21)28(29(34)33-20(2)40-18-27(33)30(35)36)32-31(37)39-17-26-24-14-8-6-12-22(24)23-13-7-9-15-25(23)26/h3-15,19-20,26-28H,16-18H2,1-2H3,(H,32,37)(H,35,36)/t19-,20?,27?,28+/m0/s1. The van der Waals surface area contributed by atoms with Crippen molar-refractivity contribution in [3.8, 4) is 11.1 Å². The molecule has 1 saturated heterocycles. The number of carbonyl (C=O) groups is 3. The predicted molar refractivity (Wildman–Crippen MR) is 153 cm³/mol. The number of carbonyl (C=O) groups excluding carboxylic acids is 2. The van der Waals surface area contributed by atoms with Gasteiger partial charge in [0, 0.05) is 11.7 Å². The van der Waals surface area contributed by atoms with Gasteiger partial charge in [-0.15, -0.1) is 11.8 Å². The molecule has 1 heterocycles. The largest absolute Gasteiger partial charge is 0.480 e. The molecule has 9 heteroatoms. The van der Waals surface area contributed by atoms with E-state index < -0.39 is 36.2 Å². The second-order valence-corrected chi connectivity index (χ2v) is 11.3. The van der Waals surface area contributed by atoms with Crippen molar-refractivity contribution >= 4 is 29.7 Å². The van der Waals surface area contributed by atoms with Gasteiger partial charge in [-0.2, -0.15) is 0 Å². The van der Waals surface area contributed by atoms with Crippen molar-refractivity contribution < 1.29 is 29.0 Å². The van der Waals surface area contributed by atoms with E-state index in [1.807, 2.05) is 66.7 Å². The predicted octanol–water partition coefficient (Wildman–Crippen LogP) is 4.87. The molecule has 2 N–H and O–H groups in total. The molecule has 1 aliphatic carbocycles. The second kappa shape index (κ2) is 12.1. The highest BCUT2D eigenvalue weighted by molar-refractivity contribution is 8.00. The Morgan fingerprint density at radius 2 is 1.57 bits per heavy atom. The van der Waals surface area contributed by atoms with E-state index in [9.17, 15) is 19.5 Å². The van der Waals surface area contributed by atoms with E-state index in [2.05, 4.69) is 17.4 Å². The fraction of sp³-hybridized carbons (Fsp3) is 0.323. The van der Waals surface area contributed by atoms with E-state index in [1.54, 1.807) is 13.8 Å². The number of carboxylic acids is 1. The number of carboxylic acid groups (broad SMARTS) is 1. The molecule has 0 radical (unpaired) electrons. The first-order valence-corrected chi connectivity index (χ1v) is 14.3. The van der Waals surface area contributed by atoms with Gasteiger partial charge in [-0.25, -0.2) is 9.59 Å². The minimum atomic E-state index is -1.14. The summed E-state index contributed by atoms with van der Waals surface area (Å²) in [4.78, 5) is 40.1. The molecule has 2 aliphatic rings.